The number of halogens is 3. The van der Waals surface area contributed by atoms with Crippen LogP contribution in [0, 0.1) is 12.7 Å². The molecule has 1 aromatic carbocycles. The molecule has 2 N–H and O–H groups in total. The minimum atomic E-state index is -0.635. The van der Waals surface area contributed by atoms with Gasteiger partial charge in [0, 0.05) is 18.8 Å². The van der Waals surface area contributed by atoms with Gasteiger partial charge in [0.05, 0.1) is 10.0 Å². The van der Waals surface area contributed by atoms with Crippen molar-refractivity contribution in [2.45, 2.75) is 6.92 Å². The number of anilines is 3. The van der Waals surface area contributed by atoms with E-state index in [1.165, 1.54) is 12.1 Å². The van der Waals surface area contributed by atoms with Crippen LogP contribution in [0.15, 0.2) is 18.2 Å². The van der Waals surface area contributed by atoms with Gasteiger partial charge in [-0.2, -0.15) is 0 Å². The number of hydrogen-bond donors (Lipinski definition) is 2. The smallest absolute Gasteiger partial charge is 0.160 e. The first-order valence-electron chi connectivity index (χ1n) is 5.44. The Kier molecular flexibility index (Phi) is 4.07. The quantitative estimate of drug-likeness (QED) is 0.841. The molecule has 0 aliphatic heterocycles. The van der Waals surface area contributed by atoms with Gasteiger partial charge in [-0.3, -0.25) is 0 Å². The van der Waals surface area contributed by atoms with Crippen LogP contribution in [-0.4, -0.2) is 17.0 Å². The zero-order valence-electron chi connectivity index (χ0n) is 10.3. The molecule has 0 atom stereocenters. The summed E-state index contributed by atoms with van der Waals surface area (Å²) in [7, 11) is 1.76. The van der Waals surface area contributed by atoms with Crippen molar-refractivity contribution >= 4 is 40.5 Å². The van der Waals surface area contributed by atoms with Crippen LogP contribution in [0.1, 0.15) is 5.82 Å². The number of nitrogens with zero attached hydrogens (tertiary/aromatic N) is 2. The highest BCUT2D eigenvalue weighted by Crippen LogP contribution is 2.29. The number of hydrogen-bond acceptors (Lipinski definition) is 4. The van der Waals surface area contributed by atoms with Crippen LogP contribution < -0.4 is 10.6 Å². The van der Waals surface area contributed by atoms with Gasteiger partial charge in [-0.25, -0.2) is 14.4 Å². The van der Waals surface area contributed by atoms with Crippen molar-refractivity contribution in [3.63, 3.8) is 0 Å². The van der Waals surface area contributed by atoms with Crippen LogP contribution in [0.25, 0.3) is 0 Å². The summed E-state index contributed by atoms with van der Waals surface area (Å²) in [4.78, 5) is 8.39. The lowest BCUT2D eigenvalue weighted by Crippen LogP contribution is -2.01. The highest BCUT2D eigenvalue weighted by atomic mass is 35.5. The number of rotatable bonds is 3. The summed E-state index contributed by atoms with van der Waals surface area (Å²) in [6.45, 7) is 1.77. The molecule has 100 valence electrons. The third-order valence-corrected chi connectivity index (χ3v) is 2.90. The topological polar surface area (TPSA) is 49.8 Å². The first-order valence-corrected chi connectivity index (χ1v) is 6.20. The number of benzene rings is 1. The predicted molar refractivity (Wildman–Crippen MR) is 76.0 cm³/mol. The first-order chi connectivity index (χ1) is 8.99. The van der Waals surface area contributed by atoms with Crippen LogP contribution in [0.5, 0.6) is 0 Å². The maximum absolute atomic E-state index is 13.3. The highest BCUT2D eigenvalue weighted by molar-refractivity contribution is 6.35. The summed E-state index contributed by atoms with van der Waals surface area (Å²) in [6.07, 6.45) is 0. The van der Waals surface area contributed by atoms with Crippen molar-refractivity contribution in [3.05, 3.63) is 39.9 Å². The Morgan fingerprint density at radius 2 is 1.63 bits per heavy atom. The van der Waals surface area contributed by atoms with Gasteiger partial charge in [0.15, 0.2) is 5.82 Å². The zero-order valence-corrected chi connectivity index (χ0v) is 11.8. The summed E-state index contributed by atoms with van der Waals surface area (Å²) in [6, 6.07) is 4.61. The average Bonchev–Trinajstić information content (AvgIpc) is 2.35. The Balaban J connectivity index is 2.33. The summed E-state index contributed by atoms with van der Waals surface area (Å²) < 4.78 is 13.3. The lowest BCUT2D eigenvalue weighted by atomic mass is 10.3. The molecule has 2 rings (SSSR count). The highest BCUT2D eigenvalue weighted by Gasteiger charge is 2.08. The van der Waals surface area contributed by atoms with Crippen molar-refractivity contribution < 1.29 is 4.39 Å². The molecule has 1 heterocycles. The molecular weight excluding hydrogens is 290 g/mol. The SMILES string of the molecule is CNc1cc(Nc2cc(Cl)c(F)c(Cl)c2)nc(C)n1. The molecule has 0 aliphatic carbocycles. The van der Waals surface area contributed by atoms with Crippen LogP contribution >= 0.6 is 23.2 Å². The molecule has 19 heavy (non-hydrogen) atoms. The van der Waals surface area contributed by atoms with E-state index in [1.807, 2.05) is 0 Å². The Morgan fingerprint density at radius 1 is 1.05 bits per heavy atom. The van der Waals surface area contributed by atoms with Gasteiger partial charge in [0.2, 0.25) is 0 Å². The number of aromatic nitrogens is 2. The fourth-order valence-corrected chi connectivity index (χ4v) is 2.02. The summed E-state index contributed by atoms with van der Waals surface area (Å²) in [5.74, 6) is 1.21. The molecule has 7 heteroatoms. The predicted octanol–water partition coefficient (Wildman–Crippen LogP) is 4.02. The van der Waals surface area contributed by atoms with Crippen molar-refractivity contribution in [1.29, 1.82) is 0 Å². The fraction of sp³-hybridized carbons (Fsp3) is 0.167. The van der Waals surface area contributed by atoms with E-state index in [0.29, 0.717) is 23.1 Å². The Bertz CT molecular complexity index is 596. The van der Waals surface area contributed by atoms with Crippen LogP contribution in [-0.2, 0) is 0 Å². The zero-order chi connectivity index (χ0) is 14.0. The van der Waals surface area contributed by atoms with Crippen molar-refractivity contribution in [1.82, 2.24) is 9.97 Å². The largest absolute Gasteiger partial charge is 0.373 e. The minimum absolute atomic E-state index is 0.0466. The normalized spacial score (nSPS) is 10.4. The summed E-state index contributed by atoms with van der Waals surface area (Å²) in [5.41, 5.74) is 0.552. The second-order valence-corrected chi connectivity index (χ2v) is 4.63. The van der Waals surface area contributed by atoms with Gasteiger partial charge in [-0.05, 0) is 19.1 Å². The average molecular weight is 301 g/mol. The summed E-state index contributed by atoms with van der Waals surface area (Å²) >= 11 is 11.5. The molecule has 0 saturated carbocycles. The van der Waals surface area contributed by atoms with E-state index in [2.05, 4.69) is 20.6 Å². The van der Waals surface area contributed by atoms with Crippen LogP contribution in [0.2, 0.25) is 10.0 Å². The van der Waals surface area contributed by atoms with Gasteiger partial charge >= 0.3 is 0 Å². The Morgan fingerprint density at radius 3 is 2.21 bits per heavy atom. The second-order valence-electron chi connectivity index (χ2n) is 3.81. The molecule has 0 spiro atoms. The maximum Gasteiger partial charge on any atom is 0.160 e. The third kappa shape index (κ3) is 3.24. The van der Waals surface area contributed by atoms with Gasteiger partial charge in [0.25, 0.3) is 0 Å². The van der Waals surface area contributed by atoms with Gasteiger partial charge in [-0.15, -0.1) is 0 Å². The number of nitrogens with one attached hydrogen (secondary N) is 2. The molecule has 0 saturated heterocycles. The van der Waals surface area contributed by atoms with Crippen molar-refractivity contribution in [2.75, 3.05) is 17.7 Å². The van der Waals surface area contributed by atoms with E-state index in [-0.39, 0.29) is 10.0 Å². The van der Waals surface area contributed by atoms with Crippen molar-refractivity contribution in [2.24, 2.45) is 0 Å². The molecule has 0 radical (unpaired) electrons. The second kappa shape index (κ2) is 5.59. The van der Waals surface area contributed by atoms with E-state index < -0.39 is 5.82 Å². The van der Waals surface area contributed by atoms with Crippen LogP contribution in [0.4, 0.5) is 21.7 Å². The molecular formula is C12H11Cl2FN4. The standard InChI is InChI=1S/C12H11Cl2FN4/c1-6-17-10(16-2)5-11(18-6)19-7-3-8(13)12(15)9(14)4-7/h3-5H,1-2H3,(H2,16,17,18,19). The van der Waals surface area contributed by atoms with Crippen LogP contribution in [0.3, 0.4) is 0 Å². The molecule has 0 bridgehead atoms. The maximum atomic E-state index is 13.3. The minimum Gasteiger partial charge on any atom is -0.373 e. The molecule has 2 aromatic rings. The molecule has 0 aliphatic rings. The van der Waals surface area contributed by atoms with E-state index in [1.54, 1.807) is 20.0 Å². The van der Waals surface area contributed by atoms with Crippen molar-refractivity contribution in [3.8, 4) is 0 Å². The fourth-order valence-electron chi connectivity index (χ4n) is 1.54. The van der Waals surface area contributed by atoms with E-state index >= 15 is 0 Å². The van der Waals surface area contributed by atoms with Gasteiger partial charge < -0.3 is 10.6 Å². The van der Waals surface area contributed by atoms with Gasteiger partial charge in [0.1, 0.15) is 17.5 Å². The first kappa shape index (κ1) is 13.8. The Labute approximate surface area is 120 Å². The third-order valence-electron chi connectivity index (χ3n) is 2.35. The van der Waals surface area contributed by atoms with E-state index in [9.17, 15) is 4.39 Å². The molecule has 1 aromatic heterocycles. The Hall–Kier alpha value is -1.59. The lowest BCUT2D eigenvalue weighted by Gasteiger charge is -2.09. The van der Waals surface area contributed by atoms with E-state index in [4.69, 9.17) is 23.2 Å². The molecule has 0 fully saturated rings. The van der Waals surface area contributed by atoms with Gasteiger partial charge in [-0.1, -0.05) is 23.2 Å². The molecule has 4 nitrogen and oxygen atoms in total. The monoisotopic (exact) mass is 300 g/mol. The van der Waals surface area contributed by atoms with E-state index in [0.717, 1.165) is 0 Å². The molecule has 0 amide bonds. The lowest BCUT2D eigenvalue weighted by molar-refractivity contribution is 0.629. The summed E-state index contributed by atoms with van der Waals surface area (Å²) in [5, 5.41) is 5.83. The number of aryl methyl sites for hydroxylation is 1. The molecule has 0 unspecified atom stereocenters.